The van der Waals surface area contributed by atoms with Crippen LogP contribution in [0, 0.1) is 13.8 Å². The Morgan fingerprint density at radius 2 is 1.89 bits per heavy atom. The van der Waals surface area contributed by atoms with Gasteiger partial charge in [-0.3, -0.25) is 4.79 Å². The maximum Gasteiger partial charge on any atom is 0.259 e. The monoisotopic (exact) mass is 319 g/mol. The van der Waals surface area contributed by atoms with Crippen LogP contribution in [0.2, 0.25) is 0 Å². The molecule has 0 bridgehead atoms. The molecule has 0 fully saturated rings. The van der Waals surface area contributed by atoms with Crippen molar-refractivity contribution in [2.45, 2.75) is 13.8 Å². The molecule has 1 amide bonds. The molecule has 2 aromatic rings. The Morgan fingerprint density at radius 1 is 1.16 bits per heavy atom. The summed E-state index contributed by atoms with van der Waals surface area (Å²) < 4.78 is 0.960. The van der Waals surface area contributed by atoms with Gasteiger partial charge in [-0.2, -0.15) is 0 Å². The van der Waals surface area contributed by atoms with Crippen molar-refractivity contribution in [1.82, 2.24) is 0 Å². The summed E-state index contributed by atoms with van der Waals surface area (Å²) in [7, 11) is 0. The minimum Gasteiger partial charge on any atom is -0.507 e. The van der Waals surface area contributed by atoms with Gasteiger partial charge in [0.25, 0.3) is 5.91 Å². The highest BCUT2D eigenvalue weighted by atomic mass is 79.9. The maximum absolute atomic E-state index is 12.1. The first kappa shape index (κ1) is 13.6. The summed E-state index contributed by atoms with van der Waals surface area (Å²) in [6.07, 6.45) is 0. The molecule has 0 saturated heterocycles. The Bertz CT molecular complexity index is 638. The van der Waals surface area contributed by atoms with Gasteiger partial charge in [0, 0.05) is 10.2 Å². The summed E-state index contributed by atoms with van der Waals surface area (Å²) in [6, 6.07) is 10.7. The zero-order chi connectivity index (χ0) is 14.0. The van der Waals surface area contributed by atoms with Crippen LogP contribution in [0.1, 0.15) is 21.5 Å². The highest BCUT2D eigenvalue weighted by molar-refractivity contribution is 9.10. The number of carbonyl (C=O) groups excluding carboxylic acids is 1. The van der Waals surface area contributed by atoms with Crippen LogP contribution in [0.5, 0.6) is 5.75 Å². The fourth-order valence-corrected chi connectivity index (χ4v) is 2.27. The quantitative estimate of drug-likeness (QED) is 0.878. The number of hydrogen-bond acceptors (Lipinski definition) is 2. The molecule has 98 valence electrons. The molecule has 19 heavy (non-hydrogen) atoms. The van der Waals surface area contributed by atoms with E-state index in [0.717, 1.165) is 15.7 Å². The van der Waals surface area contributed by atoms with Gasteiger partial charge in [-0.25, -0.2) is 0 Å². The Kier molecular flexibility index (Phi) is 3.90. The molecule has 3 nitrogen and oxygen atoms in total. The van der Waals surface area contributed by atoms with Crippen molar-refractivity contribution in [3.63, 3.8) is 0 Å². The molecule has 0 radical (unpaired) electrons. The van der Waals surface area contributed by atoms with Crippen LogP contribution < -0.4 is 5.32 Å². The van der Waals surface area contributed by atoms with Crippen molar-refractivity contribution in [3.05, 3.63) is 57.6 Å². The summed E-state index contributed by atoms with van der Waals surface area (Å²) in [5.74, 6) is -0.290. The number of amides is 1. The standard InChI is InChI=1S/C15H14BrNO2/c1-9-4-3-5-12(14(9)18)15(19)17-13-7-6-11(16)8-10(13)2/h3-8,18H,1-2H3,(H,17,19). The number of benzene rings is 2. The molecule has 0 unspecified atom stereocenters. The molecule has 0 aromatic heterocycles. The minimum atomic E-state index is -0.313. The van der Waals surface area contributed by atoms with E-state index in [1.54, 1.807) is 25.1 Å². The number of phenolic OH excluding ortho intramolecular Hbond substituents is 1. The Morgan fingerprint density at radius 3 is 2.58 bits per heavy atom. The van der Waals surface area contributed by atoms with Gasteiger partial charge in [0.1, 0.15) is 5.75 Å². The number of nitrogens with one attached hydrogen (secondary N) is 1. The van der Waals surface area contributed by atoms with E-state index in [1.165, 1.54) is 0 Å². The SMILES string of the molecule is Cc1cc(Br)ccc1NC(=O)c1cccc(C)c1O. The van der Waals surface area contributed by atoms with Crippen molar-refractivity contribution in [1.29, 1.82) is 0 Å². The molecule has 0 spiro atoms. The van der Waals surface area contributed by atoms with Gasteiger partial charge in [0.2, 0.25) is 0 Å². The highest BCUT2D eigenvalue weighted by Crippen LogP contribution is 2.24. The van der Waals surface area contributed by atoms with Crippen LogP contribution in [-0.2, 0) is 0 Å². The lowest BCUT2D eigenvalue weighted by molar-refractivity contribution is 0.102. The number of para-hydroxylation sites is 1. The van der Waals surface area contributed by atoms with Crippen LogP contribution in [0.4, 0.5) is 5.69 Å². The minimum absolute atomic E-state index is 0.0229. The first-order valence-corrected chi connectivity index (χ1v) is 6.64. The largest absolute Gasteiger partial charge is 0.507 e. The number of halogens is 1. The Labute approximate surface area is 120 Å². The molecule has 4 heteroatoms. The lowest BCUT2D eigenvalue weighted by Gasteiger charge is -2.10. The summed E-state index contributed by atoms with van der Waals surface area (Å²) in [5.41, 5.74) is 2.64. The van der Waals surface area contributed by atoms with E-state index in [2.05, 4.69) is 21.2 Å². The van der Waals surface area contributed by atoms with Crippen LogP contribution in [0.3, 0.4) is 0 Å². The lowest BCUT2D eigenvalue weighted by Crippen LogP contribution is -2.13. The van der Waals surface area contributed by atoms with Crippen molar-refractivity contribution >= 4 is 27.5 Å². The predicted molar refractivity (Wildman–Crippen MR) is 79.7 cm³/mol. The van der Waals surface area contributed by atoms with Gasteiger partial charge < -0.3 is 10.4 Å². The fourth-order valence-electron chi connectivity index (χ4n) is 1.80. The fraction of sp³-hybridized carbons (Fsp3) is 0.133. The third-order valence-electron chi connectivity index (χ3n) is 2.92. The zero-order valence-corrected chi connectivity index (χ0v) is 12.3. The number of phenols is 1. The van der Waals surface area contributed by atoms with Crippen molar-refractivity contribution in [2.75, 3.05) is 5.32 Å². The lowest BCUT2D eigenvalue weighted by atomic mass is 10.1. The molecule has 0 saturated carbocycles. The number of rotatable bonds is 2. The van der Waals surface area contributed by atoms with E-state index in [4.69, 9.17) is 0 Å². The summed E-state index contributed by atoms with van der Waals surface area (Å²) in [6.45, 7) is 3.67. The smallest absolute Gasteiger partial charge is 0.259 e. The second-order valence-corrected chi connectivity index (χ2v) is 5.30. The van der Waals surface area contributed by atoms with E-state index in [9.17, 15) is 9.90 Å². The molecule has 2 aromatic carbocycles. The Balaban J connectivity index is 2.28. The van der Waals surface area contributed by atoms with Gasteiger partial charge in [-0.15, -0.1) is 0 Å². The molecular weight excluding hydrogens is 306 g/mol. The molecule has 0 atom stereocenters. The van der Waals surface area contributed by atoms with E-state index >= 15 is 0 Å². The molecule has 2 rings (SSSR count). The van der Waals surface area contributed by atoms with Gasteiger partial charge in [-0.1, -0.05) is 28.1 Å². The van der Waals surface area contributed by atoms with Crippen molar-refractivity contribution < 1.29 is 9.90 Å². The van der Waals surface area contributed by atoms with Gasteiger partial charge in [0.15, 0.2) is 0 Å². The average molecular weight is 320 g/mol. The Hall–Kier alpha value is -1.81. The predicted octanol–water partition coefficient (Wildman–Crippen LogP) is 4.02. The maximum atomic E-state index is 12.1. The van der Waals surface area contributed by atoms with Gasteiger partial charge in [0.05, 0.1) is 5.56 Å². The number of anilines is 1. The summed E-state index contributed by atoms with van der Waals surface area (Å²) in [4.78, 5) is 12.1. The molecule has 0 aliphatic carbocycles. The third kappa shape index (κ3) is 2.96. The first-order valence-electron chi connectivity index (χ1n) is 5.85. The van der Waals surface area contributed by atoms with Gasteiger partial charge in [-0.05, 0) is 49.2 Å². The molecular formula is C15H14BrNO2. The summed E-state index contributed by atoms with van der Waals surface area (Å²) >= 11 is 3.38. The van der Waals surface area contributed by atoms with E-state index in [-0.39, 0.29) is 17.2 Å². The van der Waals surface area contributed by atoms with Crippen LogP contribution in [-0.4, -0.2) is 11.0 Å². The van der Waals surface area contributed by atoms with Crippen LogP contribution in [0.15, 0.2) is 40.9 Å². The highest BCUT2D eigenvalue weighted by Gasteiger charge is 2.13. The van der Waals surface area contributed by atoms with E-state index in [0.29, 0.717) is 5.56 Å². The summed E-state index contributed by atoms with van der Waals surface area (Å²) in [5, 5.41) is 12.7. The van der Waals surface area contributed by atoms with E-state index < -0.39 is 0 Å². The average Bonchev–Trinajstić information content (AvgIpc) is 2.36. The normalized spacial score (nSPS) is 10.3. The second-order valence-electron chi connectivity index (χ2n) is 4.38. The zero-order valence-electron chi connectivity index (χ0n) is 10.7. The van der Waals surface area contributed by atoms with Crippen molar-refractivity contribution in [3.8, 4) is 5.75 Å². The van der Waals surface area contributed by atoms with Crippen molar-refractivity contribution in [2.24, 2.45) is 0 Å². The number of aromatic hydroxyl groups is 1. The number of carbonyl (C=O) groups is 1. The molecule has 2 N–H and O–H groups in total. The van der Waals surface area contributed by atoms with Gasteiger partial charge >= 0.3 is 0 Å². The van der Waals surface area contributed by atoms with E-state index in [1.807, 2.05) is 25.1 Å². The molecule has 0 aliphatic rings. The first-order chi connectivity index (χ1) is 8.99. The van der Waals surface area contributed by atoms with Crippen LogP contribution >= 0.6 is 15.9 Å². The van der Waals surface area contributed by atoms with Crippen LogP contribution in [0.25, 0.3) is 0 Å². The number of aryl methyl sites for hydroxylation is 2. The number of hydrogen-bond donors (Lipinski definition) is 2. The molecule has 0 heterocycles. The third-order valence-corrected chi connectivity index (χ3v) is 3.41. The molecule has 0 aliphatic heterocycles. The second kappa shape index (κ2) is 5.45. The topological polar surface area (TPSA) is 49.3 Å².